The summed E-state index contributed by atoms with van der Waals surface area (Å²) in [6.45, 7) is 6.18. The highest BCUT2D eigenvalue weighted by molar-refractivity contribution is 7.98. The summed E-state index contributed by atoms with van der Waals surface area (Å²) in [4.78, 5) is 2.46. The molecule has 0 heterocycles. The van der Waals surface area contributed by atoms with Crippen molar-refractivity contribution in [3.63, 3.8) is 0 Å². The summed E-state index contributed by atoms with van der Waals surface area (Å²) in [5.41, 5.74) is 8.43. The summed E-state index contributed by atoms with van der Waals surface area (Å²) in [5, 5.41) is 0. The number of thioether (sulfide) groups is 1. The molecule has 0 saturated carbocycles. The van der Waals surface area contributed by atoms with Gasteiger partial charge in [-0.1, -0.05) is 38.1 Å². The number of benzene rings is 1. The second-order valence-corrected chi connectivity index (χ2v) is 6.22. The lowest BCUT2D eigenvalue weighted by Crippen LogP contribution is -2.32. The van der Waals surface area contributed by atoms with Gasteiger partial charge in [-0.25, -0.2) is 0 Å². The van der Waals surface area contributed by atoms with E-state index in [4.69, 9.17) is 5.73 Å². The van der Waals surface area contributed by atoms with E-state index >= 15 is 0 Å². The van der Waals surface area contributed by atoms with Crippen LogP contribution in [0.15, 0.2) is 24.3 Å². The third-order valence-electron chi connectivity index (χ3n) is 3.79. The molecule has 1 aromatic carbocycles. The summed E-state index contributed by atoms with van der Waals surface area (Å²) in [6.07, 6.45) is 3.39. The Morgan fingerprint density at radius 2 is 1.89 bits per heavy atom. The minimum Gasteiger partial charge on any atom is -0.330 e. The SMILES string of the molecule is CCC(CSC)N(C)Cc1ccc(C(C)CN)cc1. The van der Waals surface area contributed by atoms with Crippen molar-refractivity contribution < 1.29 is 0 Å². The predicted octanol–water partition coefficient (Wildman–Crippen LogP) is 3.32. The minimum atomic E-state index is 0.451. The Morgan fingerprint density at radius 1 is 1.26 bits per heavy atom. The fourth-order valence-electron chi connectivity index (χ4n) is 2.25. The van der Waals surface area contributed by atoms with Crippen LogP contribution in [0, 0.1) is 0 Å². The molecule has 0 radical (unpaired) electrons. The predicted molar refractivity (Wildman–Crippen MR) is 87.8 cm³/mol. The molecular formula is C16H28N2S. The molecule has 0 aromatic heterocycles. The molecule has 0 aliphatic heterocycles. The summed E-state index contributed by atoms with van der Waals surface area (Å²) >= 11 is 1.93. The van der Waals surface area contributed by atoms with Gasteiger partial charge in [-0.15, -0.1) is 0 Å². The van der Waals surface area contributed by atoms with Crippen molar-refractivity contribution in [2.45, 2.75) is 38.8 Å². The average molecular weight is 280 g/mol. The average Bonchev–Trinajstić information content (AvgIpc) is 2.44. The molecule has 1 aromatic rings. The molecule has 1 rings (SSSR count). The molecule has 19 heavy (non-hydrogen) atoms. The molecule has 0 fully saturated rings. The van der Waals surface area contributed by atoms with Crippen molar-refractivity contribution in [2.24, 2.45) is 5.73 Å². The first-order valence-electron chi connectivity index (χ1n) is 7.10. The fourth-order valence-corrected chi connectivity index (χ4v) is 3.13. The Kier molecular flexibility index (Phi) is 7.51. The van der Waals surface area contributed by atoms with Crippen LogP contribution in [-0.4, -0.2) is 36.5 Å². The van der Waals surface area contributed by atoms with Crippen LogP contribution in [0.4, 0.5) is 0 Å². The molecule has 0 aliphatic carbocycles. The number of hydrogen-bond acceptors (Lipinski definition) is 3. The zero-order chi connectivity index (χ0) is 14.3. The largest absolute Gasteiger partial charge is 0.330 e. The summed E-state index contributed by atoms with van der Waals surface area (Å²) in [6, 6.07) is 9.58. The van der Waals surface area contributed by atoms with Crippen LogP contribution in [-0.2, 0) is 6.54 Å². The fraction of sp³-hybridized carbons (Fsp3) is 0.625. The first-order chi connectivity index (χ1) is 9.12. The van der Waals surface area contributed by atoms with Crippen molar-refractivity contribution >= 4 is 11.8 Å². The van der Waals surface area contributed by atoms with Gasteiger partial charge in [-0.2, -0.15) is 11.8 Å². The third-order valence-corrected chi connectivity index (χ3v) is 4.51. The molecule has 0 amide bonds. The maximum Gasteiger partial charge on any atom is 0.0233 e. The molecule has 108 valence electrons. The van der Waals surface area contributed by atoms with E-state index in [2.05, 4.69) is 56.3 Å². The topological polar surface area (TPSA) is 29.3 Å². The van der Waals surface area contributed by atoms with E-state index in [1.807, 2.05) is 11.8 Å². The molecule has 2 atom stereocenters. The van der Waals surface area contributed by atoms with Crippen molar-refractivity contribution in [3.05, 3.63) is 35.4 Å². The van der Waals surface area contributed by atoms with E-state index in [0.29, 0.717) is 18.5 Å². The highest BCUT2D eigenvalue weighted by Crippen LogP contribution is 2.17. The van der Waals surface area contributed by atoms with Gasteiger partial charge in [0, 0.05) is 18.3 Å². The number of nitrogens with zero attached hydrogens (tertiary/aromatic N) is 1. The number of nitrogens with two attached hydrogens (primary N) is 1. The molecule has 3 heteroatoms. The van der Waals surface area contributed by atoms with Crippen molar-refractivity contribution in [1.29, 1.82) is 0 Å². The molecule has 0 aliphatic rings. The van der Waals surface area contributed by atoms with Crippen molar-refractivity contribution in [3.8, 4) is 0 Å². The maximum atomic E-state index is 5.70. The Labute approximate surface area is 122 Å². The number of rotatable bonds is 8. The summed E-state index contributed by atoms with van der Waals surface area (Å²) < 4.78 is 0. The van der Waals surface area contributed by atoms with Gasteiger partial charge in [0.2, 0.25) is 0 Å². The monoisotopic (exact) mass is 280 g/mol. The van der Waals surface area contributed by atoms with Crippen molar-refractivity contribution in [2.75, 3.05) is 25.6 Å². The van der Waals surface area contributed by atoms with E-state index in [1.165, 1.54) is 23.3 Å². The van der Waals surface area contributed by atoms with E-state index in [1.54, 1.807) is 0 Å². The zero-order valence-electron chi connectivity index (χ0n) is 12.7. The molecule has 0 bridgehead atoms. The second kappa shape index (κ2) is 8.62. The lowest BCUT2D eigenvalue weighted by atomic mass is 10.00. The van der Waals surface area contributed by atoms with E-state index in [9.17, 15) is 0 Å². The number of hydrogen-bond donors (Lipinski definition) is 1. The van der Waals surface area contributed by atoms with Gasteiger partial charge in [-0.3, -0.25) is 4.90 Å². The molecule has 2 nitrogen and oxygen atoms in total. The highest BCUT2D eigenvalue weighted by atomic mass is 32.2. The molecular weight excluding hydrogens is 252 g/mol. The smallest absolute Gasteiger partial charge is 0.0233 e. The molecule has 2 N–H and O–H groups in total. The van der Waals surface area contributed by atoms with Gasteiger partial charge >= 0.3 is 0 Å². The van der Waals surface area contributed by atoms with E-state index in [-0.39, 0.29) is 0 Å². The third kappa shape index (κ3) is 5.17. The first-order valence-corrected chi connectivity index (χ1v) is 8.49. The van der Waals surface area contributed by atoms with Crippen LogP contribution in [0.2, 0.25) is 0 Å². The minimum absolute atomic E-state index is 0.451. The lowest BCUT2D eigenvalue weighted by Gasteiger charge is -2.26. The van der Waals surface area contributed by atoms with Crippen LogP contribution in [0.5, 0.6) is 0 Å². The standard InChI is InChI=1S/C16H28N2S/c1-5-16(12-19-4)18(3)11-14-6-8-15(9-7-14)13(2)10-17/h6-9,13,16H,5,10-12,17H2,1-4H3. The quantitative estimate of drug-likeness (QED) is 0.792. The maximum absolute atomic E-state index is 5.70. The Bertz CT molecular complexity index is 350. The van der Waals surface area contributed by atoms with E-state index < -0.39 is 0 Å². The van der Waals surface area contributed by atoms with Crippen molar-refractivity contribution in [1.82, 2.24) is 4.90 Å². The van der Waals surface area contributed by atoms with Crippen LogP contribution in [0.1, 0.15) is 37.3 Å². The van der Waals surface area contributed by atoms with Gasteiger partial charge in [0.25, 0.3) is 0 Å². The highest BCUT2D eigenvalue weighted by Gasteiger charge is 2.12. The van der Waals surface area contributed by atoms with Gasteiger partial charge < -0.3 is 5.73 Å². The van der Waals surface area contributed by atoms with Crippen LogP contribution < -0.4 is 5.73 Å². The second-order valence-electron chi connectivity index (χ2n) is 5.31. The molecule has 0 spiro atoms. The Balaban J connectivity index is 2.61. The lowest BCUT2D eigenvalue weighted by molar-refractivity contribution is 0.248. The van der Waals surface area contributed by atoms with Crippen LogP contribution >= 0.6 is 11.8 Å². The zero-order valence-corrected chi connectivity index (χ0v) is 13.5. The van der Waals surface area contributed by atoms with E-state index in [0.717, 1.165) is 6.54 Å². The summed E-state index contributed by atoms with van der Waals surface area (Å²) in [5.74, 6) is 1.65. The molecule has 2 unspecified atom stereocenters. The van der Waals surface area contributed by atoms with Crippen LogP contribution in [0.3, 0.4) is 0 Å². The van der Waals surface area contributed by atoms with Gasteiger partial charge in [-0.05, 0) is 43.3 Å². The summed E-state index contributed by atoms with van der Waals surface area (Å²) in [7, 11) is 2.22. The Hall–Kier alpha value is -0.510. The van der Waals surface area contributed by atoms with Gasteiger partial charge in [0.05, 0.1) is 0 Å². The first kappa shape index (κ1) is 16.5. The van der Waals surface area contributed by atoms with Crippen LogP contribution in [0.25, 0.3) is 0 Å². The Morgan fingerprint density at radius 3 is 2.37 bits per heavy atom. The van der Waals surface area contributed by atoms with Gasteiger partial charge in [0.1, 0.15) is 0 Å². The normalized spacial score (nSPS) is 14.6. The van der Waals surface area contributed by atoms with Gasteiger partial charge in [0.15, 0.2) is 0 Å². The molecule has 0 saturated heterocycles.